The van der Waals surface area contributed by atoms with E-state index in [4.69, 9.17) is 23.2 Å². The third kappa shape index (κ3) is 2.39. The molecule has 1 aromatic rings. The van der Waals surface area contributed by atoms with Gasteiger partial charge in [0.25, 0.3) is 0 Å². The number of hydrazine groups is 1. The Kier molecular flexibility index (Phi) is 3.54. The first-order valence-corrected chi connectivity index (χ1v) is 8.82. The van der Waals surface area contributed by atoms with E-state index in [9.17, 15) is 4.79 Å². The molecule has 0 saturated heterocycles. The normalized spacial score (nSPS) is 35.5. The monoisotopic (exact) mass is 338 g/mol. The lowest BCUT2D eigenvalue weighted by Gasteiger charge is -2.55. The summed E-state index contributed by atoms with van der Waals surface area (Å²) in [5, 5.41) is 0.922. The van der Waals surface area contributed by atoms with Gasteiger partial charge in [-0.05, 0) is 68.4 Å². The molecule has 0 radical (unpaired) electrons. The van der Waals surface area contributed by atoms with Gasteiger partial charge in [-0.1, -0.05) is 29.3 Å². The fraction of sp³-hybridized carbons (Fsp3) is 0.588. The Bertz CT molecular complexity index is 581. The maximum absolute atomic E-state index is 12.8. The van der Waals surface area contributed by atoms with Crippen LogP contribution in [-0.2, 0) is 4.79 Å². The number of carbonyl (C=O) groups excluding carboxylic acids is 1. The molecular weight excluding hydrogens is 319 g/mol. The molecule has 118 valence electrons. The summed E-state index contributed by atoms with van der Waals surface area (Å²) in [6, 6.07) is 5.36. The van der Waals surface area contributed by atoms with Crippen LogP contribution < -0.4 is 10.9 Å². The van der Waals surface area contributed by atoms with Gasteiger partial charge in [0.05, 0.1) is 21.1 Å². The van der Waals surface area contributed by atoms with Crippen molar-refractivity contribution in [3.05, 3.63) is 28.2 Å². The summed E-state index contributed by atoms with van der Waals surface area (Å²) in [6.07, 6.45) is 7.15. The van der Waals surface area contributed by atoms with Gasteiger partial charge in [0.15, 0.2) is 0 Å². The van der Waals surface area contributed by atoms with Crippen LogP contribution in [-0.4, -0.2) is 5.91 Å². The minimum atomic E-state index is -0.160. The number of hydrogen-bond acceptors (Lipinski definition) is 2. The highest BCUT2D eigenvalue weighted by Crippen LogP contribution is 2.60. The smallest absolute Gasteiger partial charge is 0.244 e. The summed E-state index contributed by atoms with van der Waals surface area (Å²) < 4.78 is 0. The second-order valence-electron chi connectivity index (χ2n) is 7.38. The van der Waals surface area contributed by atoms with Crippen molar-refractivity contribution in [3.8, 4) is 0 Å². The van der Waals surface area contributed by atoms with E-state index in [0.29, 0.717) is 15.7 Å². The van der Waals surface area contributed by atoms with Crippen LogP contribution in [0.2, 0.25) is 10.0 Å². The van der Waals surface area contributed by atoms with Gasteiger partial charge in [-0.15, -0.1) is 0 Å². The van der Waals surface area contributed by atoms with Crippen molar-refractivity contribution in [2.24, 2.45) is 23.2 Å². The molecule has 0 atom stereocenters. The Balaban J connectivity index is 1.47. The first-order valence-electron chi connectivity index (χ1n) is 8.06. The highest BCUT2D eigenvalue weighted by atomic mass is 35.5. The Hall–Kier alpha value is -0.930. The molecule has 4 fully saturated rings. The van der Waals surface area contributed by atoms with Crippen molar-refractivity contribution in [2.45, 2.75) is 38.5 Å². The Morgan fingerprint density at radius 2 is 1.64 bits per heavy atom. The number of carbonyl (C=O) groups is 1. The van der Waals surface area contributed by atoms with E-state index in [1.807, 2.05) is 12.1 Å². The predicted molar refractivity (Wildman–Crippen MR) is 88.8 cm³/mol. The fourth-order valence-electron chi connectivity index (χ4n) is 5.25. The van der Waals surface area contributed by atoms with Crippen molar-refractivity contribution in [2.75, 3.05) is 5.43 Å². The first-order chi connectivity index (χ1) is 10.6. The molecule has 4 saturated carbocycles. The summed E-state index contributed by atoms with van der Waals surface area (Å²) in [5.74, 6) is 2.40. The fourth-order valence-corrected chi connectivity index (χ4v) is 5.59. The van der Waals surface area contributed by atoms with Crippen molar-refractivity contribution < 1.29 is 4.79 Å². The molecule has 1 aromatic carbocycles. The third-order valence-corrected chi connectivity index (χ3v) is 6.60. The van der Waals surface area contributed by atoms with Crippen LogP contribution >= 0.6 is 23.2 Å². The average molecular weight is 339 g/mol. The Labute approximate surface area is 140 Å². The summed E-state index contributed by atoms with van der Waals surface area (Å²) in [7, 11) is 0. The molecule has 0 spiro atoms. The van der Waals surface area contributed by atoms with Crippen LogP contribution in [0.15, 0.2) is 18.2 Å². The van der Waals surface area contributed by atoms with Crippen LogP contribution in [0.1, 0.15) is 38.5 Å². The minimum Gasteiger partial charge on any atom is -0.297 e. The molecule has 0 aliphatic heterocycles. The molecule has 22 heavy (non-hydrogen) atoms. The number of amides is 1. The number of halogens is 2. The first kappa shape index (κ1) is 14.6. The number of benzene rings is 1. The average Bonchev–Trinajstić information content (AvgIpc) is 2.47. The maximum Gasteiger partial charge on any atom is 0.244 e. The third-order valence-electron chi connectivity index (χ3n) is 5.78. The number of rotatable bonds is 3. The lowest BCUT2D eigenvalue weighted by atomic mass is 9.49. The summed E-state index contributed by atoms with van der Waals surface area (Å²) >= 11 is 12.2. The van der Waals surface area contributed by atoms with Crippen LogP contribution in [0.3, 0.4) is 0 Å². The lowest BCUT2D eigenvalue weighted by molar-refractivity contribution is -0.145. The zero-order valence-corrected chi connectivity index (χ0v) is 13.9. The zero-order valence-electron chi connectivity index (χ0n) is 12.4. The highest BCUT2D eigenvalue weighted by Gasteiger charge is 2.54. The quantitative estimate of drug-likeness (QED) is 0.787. The summed E-state index contributed by atoms with van der Waals surface area (Å²) in [4.78, 5) is 12.8. The van der Waals surface area contributed by atoms with Gasteiger partial charge in [-0.2, -0.15) is 0 Å². The van der Waals surface area contributed by atoms with Crippen molar-refractivity contribution in [3.63, 3.8) is 0 Å². The van der Waals surface area contributed by atoms with Crippen LogP contribution in [0.4, 0.5) is 5.69 Å². The molecule has 4 aliphatic rings. The Morgan fingerprint density at radius 1 is 1.05 bits per heavy atom. The number of anilines is 1. The zero-order chi connectivity index (χ0) is 15.3. The number of hydrogen-bond donors (Lipinski definition) is 2. The van der Waals surface area contributed by atoms with Crippen molar-refractivity contribution in [1.82, 2.24) is 5.43 Å². The van der Waals surface area contributed by atoms with Crippen LogP contribution in [0, 0.1) is 23.2 Å². The van der Waals surface area contributed by atoms with Gasteiger partial charge in [0, 0.05) is 0 Å². The molecule has 4 bridgehead atoms. The topological polar surface area (TPSA) is 41.1 Å². The summed E-state index contributed by atoms with van der Waals surface area (Å²) in [6.45, 7) is 0. The van der Waals surface area contributed by atoms with Crippen molar-refractivity contribution in [1.29, 1.82) is 0 Å². The van der Waals surface area contributed by atoms with Crippen LogP contribution in [0.25, 0.3) is 0 Å². The van der Waals surface area contributed by atoms with Crippen molar-refractivity contribution >= 4 is 34.8 Å². The summed E-state index contributed by atoms with van der Waals surface area (Å²) in [5.41, 5.74) is 6.34. The molecule has 5 heteroatoms. The minimum absolute atomic E-state index is 0.127. The highest BCUT2D eigenvalue weighted by molar-refractivity contribution is 6.43. The molecule has 0 aromatic heterocycles. The van der Waals surface area contributed by atoms with E-state index in [1.54, 1.807) is 6.07 Å². The lowest BCUT2D eigenvalue weighted by Crippen LogP contribution is -2.54. The molecule has 3 nitrogen and oxygen atoms in total. The second kappa shape index (κ2) is 5.31. The number of nitrogens with one attached hydrogen (secondary N) is 2. The van der Waals surface area contributed by atoms with E-state index in [0.717, 1.165) is 37.0 Å². The van der Waals surface area contributed by atoms with Gasteiger partial charge in [-0.3, -0.25) is 15.6 Å². The SMILES string of the molecule is O=C(NNc1cccc(Cl)c1Cl)C12CC3CC(CC(C3)C1)C2. The molecular formula is C17H20Cl2N2O. The molecule has 0 heterocycles. The second-order valence-corrected chi connectivity index (χ2v) is 8.16. The van der Waals surface area contributed by atoms with E-state index < -0.39 is 0 Å². The molecule has 1 amide bonds. The van der Waals surface area contributed by atoms with Gasteiger partial charge in [0.1, 0.15) is 0 Å². The van der Waals surface area contributed by atoms with E-state index >= 15 is 0 Å². The molecule has 5 rings (SSSR count). The molecule has 2 N–H and O–H groups in total. The Morgan fingerprint density at radius 3 is 2.23 bits per heavy atom. The molecule has 4 aliphatic carbocycles. The van der Waals surface area contributed by atoms with Gasteiger partial charge >= 0.3 is 0 Å². The maximum atomic E-state index is 12.8. The van der Waals surface area contributed by atoms with E-state index in [1.165, 1.54) is 19.3 Å². The van der Waals surface area contributed by atoms with Gasteiger partial charge in [0.2, 0.25) is 5.91 Å². The molecule has 0 unspecified atom stereocenters. The van der Waals surface area contributed by atoms with Gasteiger partial charge in [-0.25, -0.2) is 0 Å². The van der Waals surface area contributed by atoms with Crippen LogP contribution in [0.5, 0.6) is 0 Å². The predicted octanol–water partition coefficient (Wildman–Crippen LogP) is 4.65. The van der Waals surface area contributed by atoms with E-state index in [2.05, 4.69) is 10.9 Å². The van der Waals surface area contributed by atoms with Gasteiger partial charge < -0.3 is 0 Å². The van der Waals surface area contributed by atoms with E-state index in [-0.39, 0.29) is 11.3 Å². The largest absolute Gasteiger partial charge is 0.297 e. The standard InChI is InChI=1S/C17H20Cl2N2O/c18-13-2-1-3-14(15(13)19)20-21-16(22)17-7-10-4-11(8-17)6-12(5-10)9-17/h1-3,10-12,20H,4-9H2,(H,21,22).